The lowest BCUT2D eigenvalue weighted by molar-refractivity contribution is 0.407. The summed E-state index contributed by atoms with van der Waals surface area (Å²) in [6.07, 6.45) is 2.42. The van der Waals surface area contributed by atoms with Crippen molar-refractivity contribution in [2.75, 3.05) is 7.11 Å². The fourth-order valence-electron chi connectivity index (χ4n) is 2.79. The molecule has 3 heteroatoms. The summed E-state index contributed by atoms with van der Waals surface area (Å²) in [5.74, 6) is 0.942. The van der Waals surface area contributed by atoms with Gasteiger partial charge in [0.1, 0.15) is 5.75 Å². The largest absolute Gasteiger partial charge is 0.496 e. The molecule has 0 aromatic heterocycles. The van der Waals surface area contributed by atoms with Crippen LogP contribution >= 0.6 is 31.9 Å². The highest BCUT2D eigenvalue weighted by molar-refractivity contribution is 9.10. The van der Waals surface area contributed by atoms with Crippen molar-refractivity contribution in [3.8, 4) is 5.75 Å². The zero-order valence-electron chi connectivity index (χ0n) is 11.3. The predicted octanol–water partition coefficient (Wildman–Crippen LogP) is 5.63. The van der Waals surface area contributed by atoms with Crippen LogP contribution in [0.15, 0.2) is 53.0 Å². The molecule has 1 atom stereocenters. The lowest BCUT2D eigenvalue weighted by Gasteiger charge is -2.24. The highest BCUT2D eigenvalue weighted by Gasteiger charge is 2.50. The Morgan fingerprint density at radius 1 is 1.10 bits per heavy atom. The van der Waals surface area contributed by atoms with E-state index in [1.807, 2.05) is 12.1 Å². The molecule has 1 unspecified atom stereocenters. The number of methoxy groups -OCH3 is 1. The topological polar surface area (TPSA) is 9.23 Å². The minimum absolute atomic E-state index is 0.204. The number of alkyl halides is 1. The number of benzene rings is 2. The first-order valence-electron chi connectivity index (χ1n) is 6.70. The summed E-state index contributed by atoms with van der Waals surface area (Å²) in [5.41, 5.74) is 2.82. The van der Waals surface area contributed by atoms with Crippen LogP contribution in [0.3, 0.4) is 0 Å². The second kappa shape index (κ2) is 5.53. The average Bonchev–Trinajstić information content (AvgIpc) is 3.29. The molecule has 1 nitrogen and oxygen atoms in total. The second-order valence-corrected chi connectivity index (χ2v) is 7.10. The number of rotatable bonds is 4. The van der Waals surface area contributed by atoms with Crippen LogP contribution in [0, 0.1) is 0 Å². The van der Waals surface area contributed by atoms with Crippen molar-refractivity contribution in [2.24, 2.45) is 0 Å². The fourth-order valence-corrected chi connectivity index (χ4v) is 4.25. The van der Waals surface area contributed by atoms with Crippen molar-refractivity contribution < 1.29 is 4.74 Å². The molecule has 2 aromatic carbocycles. The smallest absolute Gasteiger partial charge is 0.123 e. The minimum Gasteiger partial charge on any atom is -0.496 e. The van der Waals surface area contributed by atoms with Gasteiger partial charge in [0.25, 0.3) is 0 Å². The molecular formula is C17H16Br2O. The van der Waals surface area contributed by atoms with Gasteiger partial charge >= 0.3 is 0 Å². The van der Waals surface area contributed by atoms with Gasteiger partial charge in [-0.1, -0.05) is 62.2 Å². The van der Waals surface area contributed by atoms with Gasteiger partial charge in [-0.05, 0) is 36.6 Å². The van der Waals surface area contributed by atoms with E-state index in [0.29, 0.717) is 0 Å². The molecule has 3 rings (SSSR count). The Bertz CT molecular complexity index is 606. The van der Waals surface area contributed by atoms with Crippen LogP contribution in [0.5, 0.6) is 5.75 Å². The normalized spacial score (nSPS) is 17.6. The van der Waals surface area contributed by atoms with Gasteiger partial charge in [-0.2, -0.15) is 0 Å². The van der Waals surface area contributed by atoms with Crippen molar-refractivity contribution >= 4 is 31.9 Å². The molecule has 1 aliphatic rings. The van der Waals surface area contributed by atoms with Crippen LogP contribution in [0.4, 0.5) is 0 Å². The van der Waals surface area contributed by atoms with Crippen molar-refractivity contribution in [3.63, 3.8) is 0 Å². The van der Waals surface area contributed by atoms with Crippen molar-refractivity contribution in [3.05, 3.63) is 64.1 Å². The van der Waals surface area contributed by atoms with E-state index in [1.54, 1.807) is 7.11 Å². The summed E-state index contributed by atoms with van der Waals surface area (Å²) >= 11 is 7.49. The maximum Gasteiger partial charge on any atom is 0.123 e. The van der Waals surface area contributed by atoms with Gasteiger partial charge in [0, 0.05) is 15.5 Å². The first-order chi connectivity index (χ1) is 9.67. The van der Waals surface area contributed by atoms with Crippen LogP contribution in [-0.4, -0.2) is 7.11 Å². The monoisotopic (exact) mass is 394 g/mol. The van der Waals surface area contributed by atoms with Gasteiger partial charge in [-0.3, -0.25) is 0 Å². The molecule has 0 spiro atoms. The highest BCUT2D eigenvalue weighted by atomic mass is 79.9. The first-order valence-corrected chi connectivity index (χ1v) is 8.41. The second-order valence-electron chi connectivity index (χ2n) is 5.27. The van der Waals surface area contributed by atoms with Crippen molar-refractivity contribution in [1.82, 2.24) is 0 Å². The molecule has 1 fully saturated rings. The third kappa shape index (κ3) is 2.42. The molecule has 0 radical (unpaired) electrons. The molecule has 0 amide bonds. The Kier molecular flexibility index (Phi) is 3.91. The lowest BCUT2D eigenvalue weighted by atomic mass is 9.88. The van der Waals surface area contributed by atoms with Crippen molar-refractivity contribution in [2.45, 2.75) is 23.1 Å². The van der Waals surface area contributed by atoms with Gasteiger partial charge in [0.05, 0.1) is 11.9 Å². The van der Waals surface area contributed by atoms with E-state index in [1.165, 1.54) is 24.0 Å². The summed E-state index contributed by atoms with van der Waals surface area (Å²) in [7, 11) is 1.73. The Morgan fingerprint density at radius 3 is 2.40 bits per heavy atom. The van der Waals surface area contributed by atoms with E-state index in [9.17, 15) is 0 Å². The zero-order chi connectivity index (χ0) is 14.2. The number of hydrogen-bond donors (Lipinski definition) is 0. The van der Waals surface area contributed by atoms with Gasteiger partial charge < -0.3 is 4.74 Å². The summed E-state index contributed by atoms with van der Waals surface area (Å²) in [6, 6.07) is 17.0. The molecular weight excluding hydrogens is 380 g/mol. The molecule has 104 valence electrons. The minimum atomic E-state index is 0.204. The van der Waals surface area contributed by atoms with Crippen molar-refractivity contribution in [1.29, 1.82) is 0 Å². The summed E-state index contributed by atoms with van der Waals surface area (Å²) < 4.78 is 6.61. The van der Waals surface area contributed by atoms with E-state index < -0.39 is 0 Å². The van der Waals surface area contributed by atoms with E-state index in [0.717, 1.165) is 10.2 Å². The first kappa shape index (κ1) is 14.2. The average molecular weight is 396 g/mol. The van der Waals surface area contributed by atoms with E-state index in [4.69, 9.17) is 4.74 Å². The van der Waals surface area contributed by atoms with Crippen LogP contribution in [0.25, 0.3) is 0 Å². The van der Waals surface area contributed by atoms with Gasteiger partial charge in [0.2, 0.25) is 0 Å². The third-order valence-corrected chi connectivity index (χ3v) is 5.95. The van der Waals surface area contributed by atoms with Crippen LogP contribution in [0.1, 0.15) is 28.8 Å². The molecule has 2 aromatic rings. The highest BCUT2D eigenvalue weighted by Crippen LogP contribution is 2.61. The molecule has 0 bridgehead atoms. The molecule has 0 saturated heterocycles. The Hall–Kier alpha value is -0.800. The molecule has 0 aliphatic heterocycles. The van der Waals surface area contributed by atoms with Crippen LogP contribution in [0.2, 0.25) is 0 Å². The molecule has 0 heterocycles. The standard InChI is InChI=1S/C17H16Br2O/c1-20-15-8-7-13(18)11-14(15)16(19)17(9-10-17)12-5-3-2-4-6-12/h2-8,11,16H,9-10H2,1H3. The Balaban J connectivity index is 2.01. The van der Waals surface area contributed by atoms with Gasteiger partial charge in [0.15, 0.2) is 0 Å². The number of ether oxygens (including phenoxy) is 1. The quantitative estimate of drug-likeness (QED) is 0.610. The fraction of sp³-hybridized carbons (Fsp3) is 0.294. The van der Waals surface area contributed by atoms with E-state index >= 15 is 0 Å². The number of hydrogen-bond acceptors (Lipinski definition) is 1. The lowest BCUT2D eigenvalue weighted by Crippen LogP contribution is -2.14. The van der Waals surface area contributed by atoms with E-state index in [2.05, 4.69) is 68.3 Å². The summed E-state index contributed by atoms with van der Waals surface area (Å²) in [4.78, 5) is 0.268. The van der Waals surface area contributed by atoms with Crippen LogP contribution in [-0.2, 0) is 5.41 Å². The molecule has 1 aliphatic carbocycles. The van der Waals surface area contributed by atoms with Gasteiger partial charge in [-0.15, -0.1) is 0 Å². The molecule has 20 heavy (non-hydrogen) atoms. The Morgan fingerprint density at radius 2 is 1.80 bits per heavy atom. The zero-order valence-corrected chi connectivity index (χ0v) is 14.4. The third-order valence-electron chi connectivity index (χ3n) is 4.09. The summed E-state index contributed by atoms with van der Waals surface area (Å²) in [5, 5.41) is 0. The maximum absolute atomic E-state index is 5.53. The van der Waals surface area contributed by atoms with E-state index in [-0.39, 0.29) is 10.2 Å². The van der Waals surface area contributed by atoms with Crippen LogP contribution < -0.4 is 4.74 Å². The van der Waals surface area contributed by atoms with Gasteiger partial charge in [-0.25, -0.2) is 0 Å². The Labute approximate surface area is 136 Å². The predicted molar refractivity (Wildman–Crippen MR) is 89.7 cm³/mol. The molecule has 0 N–H and O–H groups in total. The molecule has 1 saturated carbocycles. The summed E-state index contributed by atoms with van der Waals surface area (Å²) in [6.45, 7) is 0. The SMILES string of the molecule is COc1ccc(Br)cc1C(Br)C1(c2ccccc2)CC1. The number of halogens is 2. The maximum atomic E-state index is 5.53.